The lowest BCUT2D eigenvalue weighted by atomic mass is 10.1. The molecule has 0 spiro atoms. The van der Waals surface area contributed by atoms with Crippen molar-refractivity contribution in [3.05, 3.63) is 64.1 Å². The van der Waals surface area contributed by atoms with Crippen LogP contribution in [0.25, 0.3) is 0 Å². The van der Waals surface area contributed by atoms with Crippen molar-refractivity contribution in [2.75, 3.05) is 13.2 Å². The van der Waals surface area contributed by atoms with Crippen molar-refractivity contribution in [2.45, 2.75) is 12.3 Å². The minimum absolute atomic E-state index is 0.0516. The maximum absolute atomic E-state index is 14.0. The summed E-state index contributed by atoms with van der Waals surface area (Å²) in [7, 11) is 0. The normalized spacial score (nSPS) is 11.4. The van der Waals surface area contributed by atoms with Crippen molar-refractivity contribution in [3.63, 3.8) is 0 Å². The quantitative estimate of drug-likeness (QED) is 0.845. The Balaban J connectivity index is 2.07. The fourth-order valence-electron chi connectivity index (χ4n) is 1.93. The van der Waals surface area contributed by atoms with Gasteiger partial charge >= 0.3 is 5.92 Å². The average molecular weight is 356 g/mol. The molecule has 21 heavy (non-hydrogen) atoms. The Labute approximate surface area is 131 Å². The summed E-state index contributed by atoms with van der Waals surface area (Å²) in [4.78, 5) is 0. The van der Waals surface area contributed by atoms with Gasteiger partial charge in [0.2, 0.25) is 0 Å². The molecule has 0 bridgehead atoms. The molecule has 0 unspecified atom stereocenters. The third kappa shape index (κ3) is 4.25. The molecule has 0 radical (unpaired) electrons. The van der Waals surface area contributed by atoms with E-state index in [2.05, 4.69) is 15.9 Å². The van der Waals surface area contributed by atoms with Crippen LogP contribution in [0.15, 0.2) is 53.0 Å². The summed E-state index contributed by atoms with van der Waals surface area (Å²) in [5.74, 6) is -2.61. The molecular formula is C16H16BrF2NO. The molecule has 0 atom stereocenters. The first-order chi connectivity index (χ1) is 10.0. The lowest BCUT2D eigenvalue weighted by molar-refractivity contribution is -0.0467. The van der Waals surface area contributed by atoms with Gasteiger partial charge in [0.05, 0.1) is 0 Å². The lowest BCUT2D eigenvalue weighted by Gasteiger charge is -2.18. The second-order valence-electron chi connectivity index (χ2n) is 4.65. The first-order valence-electron chi connectivity index (χ1n) is 6.57. The molecule has 0 aliphatic heterocycles. The van der Waals surface area contributed by atoms with Gasteiger partial charge in [-0.15, -0.1) is 0 Å². The Morgan fingerprint density at radius 3 is 2.48 bits per heavy atom. The van der Waals surface area contributed by atoms with Crippen LogP contribution in [0.4, 0.5) is 8.78 Å². The summed E-state index contributed by atoms with van der Waals surface area (Å²) in [6.07, 6.45) is 0.660. The Bertz CT molecular complexity index is 590. The number of nitrogens with two attached hydrogens (primary N) is 1. The van der Waals surface area contributed by atoms with E-state index in [4.69, 9.17) is 10.5 Å². The van der Waals surface area contributed by atoms with E-state index in [1.807, 2.05) is 0 Å². The largest absolute Gasteiger partial charge is 0.487 e. The highest BCUT2D eigenvalue weighted by Gasteiger charge is 2.32. The molecule has 0 aliphatic rings. The molecule has 112 valence electrons. The van der Waals surface area contributed by atoms with Crippen LogP contribution in [0.2, 0.25) is 0 Å². The molecule has 2 rings (SSSR count). The predicted octanol–water partition coefficient (Wildman–Crippen LogP) is 4.12. The monoisotopic (exact) mass is 355 g/mol. The van der Waals surface area contributed by atoms with Crippen molar-refractivity contribution in [3.8, 4) is 5.75 Å². The first-order valence-corrected chi connectivity index (χ1v) is 7.37. The third-order valence-electron chi connectivity index (χ3n) is 3.05. The summed E-state index contributed by atoms with van der Waals surface area (Å²) in [5, 5.41) is 0. The number of ether oxygens (including phenoxy) is 1. The van der Waals surface area contributed by atoms with Crippen LogP contribution in [0, 0.1) is 0 Å². The van der Waals surface area contributed by atoms with Crippen molar-refractivity contribution in [2.24, 2.45) is 5.73 Å². The molecule has 2 nitrogen and oxygen atoms in total. The highest BCUT2D eigenvalue weighted by molar-refractivity contribution is 9.10. The minimum atomic E-state index is -3.03. The van der Waals surface area contributed by atoms with Gasteiger partial charge in [-0.25, -0.2) is 0 Å². The van der Waals surface area contributed by atoms with E-state index in [0.717, 1.165) is 10.0 Å². The molecule has 0 fully saturated rings. The highest BCUT2D eigenvalue weighted by Crippen LogP contribution is 2.30. The molecular weight excluding hydrogens is 340 g/mol. The van der Waals surface area contributed by atoms with Gasteiger partial charge in [-0.05, 0) is 36.7 Å². The molecule has 2 N–H and O–H groups in total. The van der Waals surface area contributed by atoms with E-state index in [9.17, 15) is 8.78 Å². The Kier molecular flexibility index (Phi) is 5.31. The van der Waals surface area contributed by atoms with Gasteiger partial charge in [0.15, 0.2) is 6.61 Å². The van der Waals surface area contributed by atoms with Gasteiger partial charge in [-0.1, -0.05) is 46.3 Å². The van der Waals surface area contributed by atoms with Crippen LogP contribution in [0.5, 0.6) is 5.75 Å². The second kappa shape index (κ2) is 7.00. The maximum Gasteiger partial charge on any atom is 0.306 e. The summed E-state index contributed by atoms with van der Waals surface area (Å²) < 4.78 is 34.2. The van der Waals surface area contributed by atoms with Crippen LogP contribution in [-0.2, 0) is 12.3 Å². The van der Waals surface area contributed by atoms with Gasteiger partial charge in [0.1, 0.15) is 5.75 Å². The first kappa shape index (κ1) is 15.9. The average Bonchev–Trinajstić information content (AvgIpc) is 2.49. The van der Waals surface area contributed by atoms with Crippen molar-refractivity contribution in [1.29, 1.82) is 0 Å². The summed E-state index contributed by atoms with van der Waals surface area (Å²) in [6, 6.07) is 12.8. The number of benzene rings is 2. The molecule has 2 aromatic carbocycles. The molecule has 0 saturated heterocycles. The number of hydrogen-bond acceptors (Lipinski definition) is 2. The standard InChI is InChI=1S/C16H16BrF2NO/c17-15-7-6-14(10-12(15)8-9-20)21-11-16(18,19)13-4-2-1-3-5-13/h1-7,10H,8-9,11,20H2. The summed E-state index contributed by atoms with van der Waals surface area (Å²) in [6.45, 7) is -0.205. The van der Waals surface area contributed by atoms with Crippen LogP contribution in [0.1, 0.15) is 11.1 Å². The van der Waals surface area contributed by atoms with Crippen molar-refractivity contribution >= 4 is 15.9 Å². The summed E-state index contributed by atoms with van der Waals surface area (Å²) in [5.41, 5.74) is 6.41. The highest BCUT2D eigenvalue weighted by atomic mass is 79.9. The Morgan fingerprint density at radius 2 is 1.81 bits per heavy atom. The number of alkyl halides is 2. The zero-order chi connectivity index (χ0) is 15.3. The molecule has 0 amide bonds. The van der Waals surface area contributed by atoms with Crippen molar-refractivity contribution < 1.29 is 13.5 Å². The predicted molar refractivity (Wildman–Crippen MR) is 82.7 cm³/mol. The fourth-order valence-corrected chi connectivity index (χ4v) is 2.37. The van der Waals surface area contributed by atoms with Crippen LogP contribution in [0.3, 0.4) is 0 Å². The Hall–Kier alpha value is -1.46. The van der Waals surface area contributed by atoms with Crippen molar-refractivity contribution in [1.82, 2.24) is 0 Å². The van der Waals surface area contributed by atoms with Crippen LogP contribution in [-0.4, -0.2) is 13.2 Å². The second-order valence-corrected chi connectivity index (χ2v) is 5.51. The van der Waals surface area contributed by atoms with E-state index in [1.54, 1.807) is 36.4 Å². The molecule has 0 saturated carbocycles. The topological polar surface area (TPSA) is 35.2 Å². The van der Waals surface area contributed by atoms with E-state index >= 15 is 0 Å². The maximum atomic E-state index is 14.0. The third-order valence-corrected chi connectivity index (χ3v) is 3.82. The van der Waals surface area contributed by atoms with E-state index in [-0.39, 0.29) is 5.56 Å². The minimum Gasteiger partial charge on any atom is -0.487 e. The van der Waals surface area contributed by atoms with Gasteiger partial charge in [0, 0.05) is 10.0 Å². The van der Waals surface area contributed by atoms with Gasteiger partial charge in [-0.3, -0.25) is 0 Å². The smallest absolute Gasteiger partial charge is 0.306 e. The molecule has 2 aromatic rings. The fraction of sp³-hybridized carbons (Fsp3) is 0.250. The molecule has 5 heteroatoms. The van der Waals surface area contributed by atoms with Crippen LogP contribution < -0.4 is 10.5 Å². The van der Waals surface area contributed by atoms with E-state index < -0.39 is 12.5 Å². The molecule has 0 heterocycles. The van der Waals surface area contributed by atoms with Gasteiger partial charge in [0.25, 0.3) is 0 Å². The molecule has 0 aromatic heterocycles. The van der Waals surface area contributed by atoms with E-state index in [0.29, 0.717) is 18.7 Å². The van der Waals surface area contributed by atoms with Gasteiger partial charge < -0.3 is 10.5 Å². The Morgan fingerprint density at radius 1 is 1.10 bits per heavy atom. The van der Waals surface area contributed by atoms with Crippen LogP contribution >= 0.6 is 15.9 Å². The zero-order valence-electron chi connectivity index (χ0n) is 11.4. The van der Waals surface area contributed by atoms with E-state index in [1.165, 1.54) is 12.1 Å². The SMILES string of the molecule is NCCc1cc(OCC(F)(F)c2ccccc2)ccc1Br. The number of rotatable bonds is 6. The van der Waals surface area contributed by atoms with Gasteiger partial charge in [-0.2, -0.15) is 8.78 Å². The number of hydrogen-bond donors (Lipinski definition) is 1. The molecule has 0 aliphatic carbocycles. The zero-order valence-corrected chi connectivity index (χ0v) is 12.9. The number of halogens is 3. The summed E-state index contributed by atoms with van der Waals surface area (Å²) >= 11 is 3.40. The lowest BCUT2D eigenvalue weighted by Crippen LogP contribution is -2.23.